The van der Waals surface area contributed by atoms with Crippen molar-refractivity contribution in [1.82, 2.24) is 14.5 Å². The van der Waals surface area contributed by atoms with E-state index in [0.29, 0.717) is 5.56 Å². The highest BCUT2D eigenvalue weighted by Gasteiger charge is 2.22. The fourth-order valence-corrected chi connectivity index (χ4v) is 3.26. The second kappa shape index (κ2) is 4.96. The normalized spacial score (nSPS) is 11.4. The van der Waals surface area contributed by atoms with Crippen molar-refractivity contribution in [1.29, 1.82) is 0 Å². The van der Waals surface area contributed by atoms with Crippen LogP contribution in [0.4, 0.5) is 0 Å². The van der Waals surface area contributed by atoms with Crippen LogP contribution in [0.1, 0.15) is 0 Å². The third-order valence-corrected chi connectivity index (χ3v) is 4.57. The van der Waals surface area contributed by atoms with E-state index in [0.717, 1.165) is 32.3 Å². The van der Waals surface area contributed by atoms with Crippen LogP contribution in [0, 0.1) is 0 Å². The minimum Gasteiger partial charge on any atom is -0.494 e. The quantitative estimate of drug-likeness (QED) is 0.422. The molecule has 0 fully saturated rings. The van der Waals surface area contributed by atoms with Crippen LogP contribution in [-0.2, 0) is 7.05 Å². The molecule has 0 saturated carbocycles. The predicted octanol–water partition coefficient (Wildman–Crippen LogP) is 4.34. The fourth-order valence-electron chi connectivity index (χ4n) is 2.90. The monoisotopic (exact) mass is 371 g/mol. The van der Waals surface area contributed by atoms with E-state index in [1.54, 1.807) is 13.1 Å². The number of aromatic nitrogens is 3. The molecule has 5 nitrogen and oxygen atoms in total. The van der Waals surface area contributed by atoms with Gasteiger partial charge in [0.2, 0.25) is 5.88 Å². The number of aromatic amines is 2. The molecule has 4 N–H and O–H groups in total. The van der Waals surface area contributed by atoms with E-state index in [4.69, 9.17) is 0 Å². The lowest BCUT2D eigenvalue weighted by atomic mass is 10.0. The van der Waals surface area contributed by atoms with Gasteiger partial charge in [0, 0.05) is 40.2 Å². The Morgan fingerprint density at radius 2 is 1.96 bits per heavy atom. The maximum atomic E-state index is 10.4. The topological polar surface area (TPSA) is 77.0 Å². The lowest BCUT2D eigenvalue weighted by Gasteiger charge is -2.04. The van der Waals surface area contributed by atoms with Crippen LogP contribution >= 0.6 is 15.9 Å². The summed E-state index contributed by atoms with van der Waals surface area (Å²) in [6.45, 7) is 0. The van der Waals surface area contributed by atoms with Crippen molar-refractivity contribution >= 4 is 26.8 Å². The predicted molar refractivity (Wildman–Crippen MR) is 93.5 cm³/mol. The Bertz CT molecular complexity index is 1010. The summed E-state index contributed by atoms with van der Waals surface area (Å²) in [5.41, 5.74) is 4.16. The van der Waals surface area contributed by atoms with Gasteiger partial charge >= 0.3 is 0 Å². The van der Waals surface area contributed by atoms with Gasteiger partial charge in [0.15, 0.2) is 5.88 Å². The highest BCUT2D eigenvalue weighted by Crippen LogP contribution is 2.44. The first kappa shape index (κ1) is 14.0. The third kappa shape index (κ3) is 2.06. The Morgan fingerprint density at radius 1 is 1.13 bits per heavy atom. The van der Waals surface area contributed by atoms with Crippen LogP contribution in [0.2, 0.25) is 0 Å². The summed E-state index contributed by atoms with van der Waals surface area (Å²) < 4.78 is 2.30. The van der Waals surface area contributed by atoms with Gasteiger partial charge in [0.25, 0.3) is 0 Å². The number of nitrogens with zero attached hydrogens (tertiary/aromatic N) is 1. The third-order valence-electron chi connectivity index (χ3n) is 4.07. The summed E-state index contributed by atoms with van der Waals surface area (Å²) in [5, 5.41) is 21.3. The number of rotatable bonds is 2. The van der Waals surface area contributed by atoms with Gasteiger partial charge in [-0.1, -0.05) is 15.9 Å². The molecule has 0 radical (unpaired) electrons. The summed E-state index contributed by atoms with van der Waals surface area (Å²) in [6.07, 6.45) is 1.85. The molecule has 4 rings (SSSR count). The minimum absolute atomic E-state index is 0.0132. The van der Waals surface area contributed by atoms with Gasteiger partial charge < -0.3 is 20.2 Å². The standard InChI is InChI=1S/C17H14BrN3O2/c1-21-14(22)8-11(17(21)23)15-10-7-9(18)4-5-12(10)20-16(15)13-3-2-6-19-13/h2-8,19-20,22-23H,1H3. The molecule has 0 bridgehead atoms. The molecule has 0 unspecified atom stereocenters. The number of benzene rings is 1. The molecule has 0 aliphatic rings. The van der Waals surface area contributed by atoms with Crippen molar-refractivity contribution in [2.24, 2.45) is 7.05 Å². The van der Waals surface area contributed by atoms with Crippen molar-refractivity contribution in [2.75, 3.05) is 0 Å². The Morgan fingerprint density at radius 3 is 2.61 bits per heavy atom. The largest absolute Gasteiger partial charge is 0.494 e. The average Bonchev–Trinajstić information content (AvgIpc) is 3.22. The van der Waals surface area contributed by atoms with Gasteiger partial charge in [-0.25, -0.2) is 0 Å². The van der Waals surface area contributed by atoms with E-state index in [1.807, 2.05) is 36.5 Å². The average molecular weight is 372 g/mol. The summed E-state index contributed by atoms with van der Waals surface area (Å²) >= 11 is 3.50. The molecule has 6 heteroatoms. The highest BCUT2D eigenvalue weighted by molar-refractivity contribution is 9.10. The molecule has 1 aromatic carbocycles. The molecule has 116 valence electrons. The van der Waals surface area contributed by atoms with Crippen LogP contribution < -0.4 is 0 Å². The fraction of sp³-hybridized carbons (Fsp3) is 0.0588. The second-order valence-electron chi connectivity index (χ2n) is 5.45. The van der Waals surface area contributed by atoms with Crippen molar-refractivity contribution in [2.45, 2.75) is 0 Å². The molecule has 3 heterocycles. The zero-order valence-electron chi connectivity index (χ0n) is 12.3. The Hall–Kier alpha value is -2.60. The highest BCUT2D eigenvalue weighted by atomic mass is 79.9. The number of hydrogen-bond acceptors (Lipinski definition) is 2. The first-order chi connectivity index (χ1) is 11.1. The lowest BCUT2D eigenvalue weighted by Crippen LogP contribution is -1.86. The molecule has 0 aliphatic heterocycles. The van der Waals surface area contributed by atoms with Crippen LogP contribution in [0.3, 0.4) is 0 Å². The molecular formula is C17H14BrN3O2. The van der Waals surface area contributed by atoms with Gasteiger partial charge in [-0.15, -0.1) is 0 Å². The van der Waals surface area contributed by atoms with Gasteiger partial charge in [-0.3, -0.25) is 4.57 Å². The first-order valence-corrected chi connectivity index (χ1v) is 7.88. The zero-order chi connectivity index (χ0) is 16.1. The van der Waals surface area contributed by atoms with Crippen molar-refractivity contribution in [3.8, 4) is 34.3 Å². The van der Waals surface area contributed by atoms with Crippen molar-refractivity contribution < 1.29 is 10.2 Å². The minimum atomic E-state index is 0.0132. The maximum absolute atomic E-state index is 10.4. The van der Waals surface area contributed by atoms with Crippen LogP contribution in [0.25, 0.3) is 33.4 Å². The lowest BCUT2D eigenvalue weighted by molar-refractivity contribution is 0.387. The molecule has 0 aliphatic carbocycles. The molecule has 4 aromatic rings. The van der Waals surface area contributed by atoms with Crippen LogP contribution in [0.5, 0.6) is 11.8 Å². The summed E-state index contributed by atoms with van der Waals surface area (Å²) in [5.74, 6) is 0.0375. The van der Waals surface area contributed by atoms with E-state index < -0.39 is 0 Å². The second-order valence-corrected chi connectivity index (χ2v) is 6.36. The van der Waals surface area contributed by atoms with Gasteiger partial charge in [0.1, 0.15) is 0 Å². The van der Waals surface area contributed by atoms with Crippen molar-refractivity contribution in [3.05, 3.63) is 47.1 Å². The van der Waals surface area contributed by atoms with Gasteiger partial charge in [-0.2, -0.15) is 0 Å². The SMILES string of the molecule is Cn1c(O)cc(-c2c(-c3ccc[nH]3)[nH]c3ccc(Br)cc23)c1O. The Kier molecular flexibility index (Phi) is 3.02. The van der Waals surface area contributed by atoms with E-state index in [2.05, 4.69) is 25.9 Å². The number of hydrogen-bond donors (Lipinski definition) is 4. The summed E-state index contributed by atoms with van der Waals surface area (Å²) in [6, 6.07) is 11.4. The number of nitrogens with one attached hydrogen (secondary N) is 2. The smallest absolute Gasteiger partial charge is 0.201 e. The maximum Gasteiger partial charge on any atom is 0.201 e. The molecular weight excluding hydrogens is 358 g/mol. The number of halogens is 1. The molecule has 0 amide bonds. The molecule has 3 aromatic heterocycles. The van der Waals surface area contributed by atoms with Gasteiger partial charge in [0.05, 0.1) is 17.0 Å². The van der Waals surface area contributed by atoms with Crippen LogP contribution in [0.15, 0.2) is 47.1 Å². The summed E-state index contributed by atoms with van der Waals surface area (Å²) in [4.78, 5) is 6.58. The van der Waals surface area contributed by atoms with E-state index in [1.165, 1.54) is 4.57 Å². The number of H-pyrrole nitrogens is 2. The Labute approximate surface area is 140 Å². The summed E-state index contributed by atoms with van der Waals surface area (Å²) in [7, 11) is 1.62. The van der Waals surface area contributed by atoms with E-state index >= 15 is 0 Å². The molecule has 0 atom stereocenters. The first-order valence-electron chi connectivity index (χ1n) is 7.09. The van der Waals surface area contributed by atoms with Gasteiger partial charge in [-0.05, 0) is 30.3 Å². The molecule has 23 heavy (non-hydrogen) atoms. The number of fused-ring (bicyclic) bond motifs is 1. The molecule has 0 saturated heterocycles. The van der Waals surface area contributed by atoms with E-state index in [-0.39, 0.29) is 11.8 Å². The number of aromatic hydroxyl groups is 2. The van der Waals surface area contributed by atoms with E-state index in [9.17, 15) is 10.2 Å². The van der Waals surface area contributed by atoms with Crippen LogP contribution in [-0.4, -0.2) is 24.7 Å². The van der Waals surface area contributed by atoms with Crippen molar-refractivity contribution in [3.63, 3.8) is 0 Å². The molecule has 0 spiro atoms. The zero-order valence-corrected chi connectivity index (χ0v) is 13.8. The Balaban J connectivity index is 2.12.